The molecule has 25 heavy (non-hydrogen) atoms. The molecule has 0 saturated heterocycles. The van der Waals surface area contributed by atoms with Crippen LogP contribution in [0.2, 0.25) is 0 Å². The lowest BCUT2D eigenvalue weighted by Gasteiger charge is -2.12. The summed E-state index contributed by atoms with van der Waals surface area (Å²) in [5.74, 6) is -2.81. The fraction of sp³-hybridized carbons (Fsp3) is 0.278. The normalized spacial score (nSPS) is 14.3. The molecule has 0 unspecified atom stereocenters. The molecule has 1 saturated carbocycles. The first-order valence-corrected chi connectivity index (χ1v) is 8.06. The van der Waals surface area contributed by atoms with Gasteiger partial charge >= 0.3 is 0 Å². The number of nitrogens with zero attached hydrogens (tertiary/aromatic N) is 1. The number of para-hydroxylation sites is 1. The summed E-state index contributed by atoms with van der Waals surface area (Å²) in [6.07, 6.45) is 6.63. The van der Waals surface area contributed by atoms with Crippen molar-refractivity contribution >= 4 is 17.5 Å². The number of carbonyl (C=O) groups excluding carboxylic acids is 2. The van der Waals surface area contributed by atoms with E-state index < -0.39 is 23.2 Å². The number of hydrogen-bond donors (Lipinski definition) is 2. The van der Waals surface area contributed by atoms with Crippen LogP contribution >= 0.6 is 0 Å². The van der Waals surface area contributed by atoms with Crippen LogP contribution in [-0.4, -0.2) is 22.8 Å². The van der Waals surface area contributed by atoms with Crippen LogP contribution in [0.4, 0.5) is 14.5 Å². The van der Waals surface area contributed by atoms with Crippen LogP contribution in [0.15, 0.2) is 36.7 Å². The molecule has 2 amide bonds. The molecule has 0 aliphatic heterocycles. The molecule has 1 aliphatic carbocycles. The summed E-state index contributed by atoms with van der Waals surface area (Å²) >= 11 is 0. The summed E-state index contributed by atoms with van der Waals surface area (Å²) in [6, 6.07) is 4.78. The van der Waals surface area contributed by atoms with Crippen molar-refractivity contribution in [1.82, 2.24) is 10.3 Å². The number of anilines is 1. The van der Waals surface area contributed by atoms with Crippen molar-refractivity contribution in [3.8, 4) is 0 Å². The van der Waals surface area contributed by atoms with E-state index in [-0.39, 0.29) is 23.1 Å². The Morgan fingerprint density at radius 3 is 2.24 bits per heavy atom. The van der Waals surface area contributed by atoms with Crippen LogP contribution < -0.4 is 10.6 Å². The van der Waals surface area contributed by atoms with Crippen molar-refractivity contribution in [2.75, 3.05) is 5.32 Å². The maximum Gasteiger partial charge on any atom is 0.257 e. The number of aromatic nitrogens is 1. The van der Waals surface area contributed by atoms with Gasteiger partial charge in [0.25, 0.3) is 11.8 Å². The van der Waals surface area contributed by atoms with Crippen molar-refractivity contribution in [2.24, 2.45) is 0 Å². The van der Waals surface area contributed by atoms with Crippen LogP contribution in [0.5, 0.6) is 0 Å². The van der Waals surface area contributed by atoms with Crippen LogP contribution in [-0.2, 0) is 0 Å². The quantitative estimate of drug-likeness (QED) is 0.893. The van der Waals surface area contributed by atoms with Gasteiger partial charge in [0.05, 0.1) is 11.1 Å². The average molecular weight is 345 g/mol. The van der Waals surface area contributed by atoms with E-state index in [0.717, 1.165) is 37.8 Å². The summed E-state index contributed by atoms with van der Waals surface area (Å²) < 4.78 is 27.3. The summed E-state index contributed by atoms with van der Waals surface area (Å²) in [6.45, 7) is 0. The van der Waals surface area contributed by atoms with E-state index in [9.17, 15) is 18.4 Å². The first-order chi connectivity index (χ1) is 12.0. The molecule has 1 aliphatic rings. The van der Waals surface area contributed by atoms with E-state index in [1.165, 1.54) is 24.5 Å². The van der Waals surface area contributed by atoms with Gasteiger partial charge in [-0.05, 0) is 31.0 Å². The zero-order valence-electron chi connectivity index (χ0n) is 13.4. The third-order valence-corrected chi connectivity index (χ3v) is 4.15. The Morgan fingerprint density at radius 1 is 1.00 bits per heavy atom. The molecule has 2 N–H and O–H groups in total. The highest BCUT2D eigenvalue weighted by atomic mass is 19.1. The Bertz CT molecular complexity index is 784. The van der Waals surface area contributed by atoms with Crippen molar-refractivity contribution < 1.29 is 18.4 Å². The van der Waals surface area contributed by atoms with Crippen LogP contribution in [0.1, 0.15) is 46.4 Å². The molecule has 0 spiro atoms. The average Bonchev–Trinajstić information content (AvgIpc) is 3.11. The summed E-state index contributed by atoms with van der Waals surface area (Å²) in [5.41, 5.74) is -0.261. The molecule has 0 radical (unpaired) electrons. The van der Waals surface area contributed by atoms with Gasteiger partial charge in [-0.25, -0.2) is 8.78 Å². The lowest BCUT2D eigenvalue weighted by atomic mass is 10.1. The lowest BCUT2D eigenvalue weighted by Crippen LogP contribution is -2.32. The van der Waals surface area contributed by atoms with Crippen molar-refractivity contribution in [3.05, 3.63) is 59.4 Å². The van der Waals surface area contributed by atoms with Crippen molar-refractivity contribution in [3.63, 3.8) is 0 Å². The first kappa shape index (κ1) is 17.0. The number of carbonyl (C=O) groups is 2. The van der Waals surface area contributed by atoms with Crippen molar-refractivity contribution in [2.45, 2.75) is 31.7 Å². The van der Waals surface area contributed by atoms with Gasteiger partial charge in [-0.3, -0.25) is 14.6 Å². The zero-order valence-corrected chi connectivity index (χ0v) is 13.4. The maximum atomic E-state index is 13.6. The number of halogens is 2. The number of rotatable bonds is 4. The standard InChI is InChI=1S/C18H17F2N3O2/c19-14-6-3-7-15(20)16(14)23-18(25)12-8-11(9-21-10-12)17(24)22-13-4-1-2-5-13/h3,6-10,13H,1-2,4-5H2,(H,22,24)(H,23,25). The van der Waals surface area contributed by atoms with Gasteiger partial charge in [-0.1, -0.05) is 18.9 Å². The molecule has 1 aromatic heterocycles. The summed E-state index contributed by atoms with van der Waals surface area (Å²) in [5, 5.41) is 5.07. The Labute approximate surface area is 143 Å². The third-order valence-electron chi connectivity index (χ3n) is 4.15. The molecule has 7 heteroatoms. The monoisotopic (exact) mass is 345 g/mol. The first-order valence-electron chi connectivity index (χ1n) is 8.06. The zero-order chi connectivity index (χ0) is 17.8. The Balaban J connectivity index is 1.74. The van der Waals surface area contributed by atoms with E-state index in [1.807, 2.05) is 0 Å². The van der Waals surface area contributed by atoms with E-state index in [2.05, 4.69) is 15.6 Å². The predicted molar refractivity (Wildman–Crippen MR) is 88.3 cm³/mol. The third kappa shape index (κ3) is 3.99. The molecule has 0 atom stereocenters. The molecular formula is C18H17F2N3O2. The highest BCUT2D eigenvalue weighted by Crippen LogP contribution is 2.20. The topological polar surface area (TPSA) is 71.1 Å². The van der Waals surface area contributed by atoms with E-state index in [0.29, 0.717) is 0 Å². The molecule has 0 bridgehead atoms. The van der Waals surface area contributed by atoms with Gasteiger partial charge in [0, 0.05) is 18.4 Å². The molecular weight excluding hydrogens is 328 g/mol. The fourth-order valence-corrected chi connectivity index (χ4v) is 2.83. The summed E-state index contributed by atoms with van der Waals surface area (Å²) in [7, 11) is 0. The molecule has 3 rings (SSSR count). The number of benzene rings is 1. The number of pyridine rings is 1. The Kier molecular flexibility index (Phi) is 5.02. The smallest absolute Gasteiger partial charge is 0.257 e. The predicted octanol–water partition coefficient (Wildman–Crippen LogP) is 3.28. The molecule has 1 heterocycles. The van der Waals surface area contributed by atoms with Crippen LogP contribution in [0.3, 0.4) is 0 Å². The van der Waals surface area contributed by atoms with Gasteiger partial charge < -0.3 is 10.6 Å². The molecule has 5 nitrogen and oxygen atoms in total. The second-order valence-corrected chi connectivity index (χ2v) is 5.97. The Morgan fingerprint density at radius 2 is 1.60 bits per heavy atom. The van der Waals surface area contributed by atoms with E-state index in [4.69, 9.17) is 0 Å². The maximum absolute atomic E-state index is 13.6. The van der Waals surface area contributed by atoms with Crippen LogP contribution in [0.25, 0.3) is 0 Å². The highest BCUT2D eigenvalue weighted by Gasteiger charge is 2.19. The van der Waals surface area contributed by atoms with Gasteiger partial charge in [0.2, 0.25) is 0 Å². The van der Waals surface area contributed by atoms with Crippen LogP contribution in [0, 0.1) is 11.6 Å². The lowest BCUT2D eigenvalue weighted by molar-refractivity contribution is 0.0937. The van der Waals surface area contributed by atoms with Gasteiger partial charge in [-0.2, -0.15) is 0 Å². The van der Waals surface area contributed by atoms with Crippen molar-refractivity contribution in [1.29, 1.82) is 0 Å². The molecule has 2 aromatic rings. The number of hydrogen-bond acceptors (Lipinski definition) is 3. The number of amides is 2. The minimum atomic E-state index is -0.878. The largest absolute Gasteiger partial charge is 0.349 e. The van der Waals surface area contributed by atoms with E-state index in [1.54, 1.807) is 0 Å². The van der Waals surface area contributed by atoms with Gasteiger partial charge in [-0.15, -0.1) is 0 Å². The highest BCUT2D eigenvalue weighted by molar-refractivity contribution is 6.06. The molecule has 1 fully saturated rings. The second kappa shape index (κ2) is 7.38. The second-order valence-electron chi connectivity index (χ2n) is 5.97. The van der Waals surface area contributed by atoms with E-state index >= 15 is 0 Å². The van der Waals surface area contributed by atoms with Gasteiger partial charge in [0.1, 0.15) is 17.3 Å². The fourth-order valence-electron chi connectivity index (χ4n) is 2.83. The minimum Gasteiger partial charge on any atom is -0.349 e. The molecule has 130 valence electrons. The Hall–Kier alpha value is -2.83. The van der Waals surface area contributed by atoms with Gasteiger partial charge in [0.15, 0.2) is 0 Å². The summed E-state index contributed by atoms with van der Waals surface area (Å²) in [4.78, 5) is 28.3. The SMILES string of the molecule is O=C(Nc1c(F)cccc1F)c1cncc(C(=O)NC2CCCC2)c1. The number of nitrogens with one attached hydrogen (secondary N) is 2. The minimum absolute atomic E-state index is 0.0433. The molecule has 1 aromatic carbocycles.